The summed E-state index contributed by atoms with van der Waals surface area (Å²) in [5.41, 5.74) is -2.13. The van der Waals surface area contributed by atoms with Crippen molar-refractivity contribution in [2.45, 2.75) is 39.4 Å². The number of hydrogen-bond donors (Lipinski definition) is 3. The molecule has 3 heterocycles. The van der Waals surface area contributed by atoms with Gasteiger partial charge in [-0.3, -0.25) is 4.79 Å². The number of ether oxygens (including phenoxy) is 1. The summed E-state index contributed by atoms with van der Waals surface area (Å²) in [6.07, 6.45) is -4.35. The van der Waals surface area contributed by atoms with Crippen LogP contribution in [0.1, 0.15) is 20.8 Å². The van der Waals surface area contributed by atoms with E-state index in [1.807, 2.05) is 4.90 Å². The Hall–Kier alpha value is -2.27. The number of halogens is 4. The number of nitrogens with one attached hydrogen (secondary N) is 3. The number of alkyl halides is 3. The summed E-state index contributed by atoms with van der Waals surface area (Å²) in [7, 11) is 0. The highest BCUT2D eigenvalue weighted by Crippen LogP contribution is 2.28. The molecule has 8 nitrogen and oxygen atoms in total. The van der Waals surface area contributed by atoms with Crippen molar-refractivity contribution in [3.8, 4) is 0 Å². The number of carbonyl (C=O) groups is 1. The number of rotatable bonds is 2. The summed E-state index contributed by atoms with van der Waals surface area (Å²) in [5, 5.41) is 8.06. The Kier molecular flexibility index (Phi) is 6.32. The molecule has 30 heavy (non-hydrogen) atoms. The third kappa shape index (κ3) is 5.25. The third-order valence-electron chi connectivity index (χ3n) is 4.57. The van der Waals surface area contributed by atoms with E-state index in [1.165, 1.54) is 0 Å². The van der Waals surface area contributed by atoms with Crippen LogP contribution in [0.5, 0.6) is 0 Å². The quantitative estimate of drug-likeness (QED) is 0.559. The van der Waals surface area contributed by atoms with Crippen molar-refractivity contribution in [1.82, 2.24) is 20.9 Å². The maximum absolute atomic E-state index is 13.8. The second-order valence-electron chi connectivity index (χ2n) is 7.99. The number of amides is 1. The van der Waals surface area contributed by atoms with Crippen LogP contribution in [0.25, 0.3) is 0 Å². The summed E-state index contributed by atoms with van der Waals surface area (Å²) in [6.45, 7) is 7.08. The van der Waals surface area contributed by atoms with E-state index in [2.05, 4.69) is 25.9 Å². The van der Waals surface area contributed by atoms with Gasteiger partial charge in [0.25, 0.3) is 0 Å². The van der Waals surface area contributed by atoms with Crippen LogP contribution in [0.2, 0.25) is 0 Å². The van der Waals surface area contributed by atoms with Gasteiger partial charge in [0.2, 0.25) is 5.91 Å². The van der Waals surface area contributed by atoms with Gasteiger partial charge in [0, 0.05) is 36.4 Å². The Balaban J connectivity index is 1.85. The van der Waals surface area contributed by atoms with E-state index >= 15 is 0 Å². The fourth-order valence-corrected chi connectivity index (χ4v) is 3.14. The van der Waals surface area contributed by atoms with E-state index < -0.39 is 35.7 Å². The molecule has 1 saturated heterocycles. The molecule has 2 atom stereocenters. The number of morpholine rings is 1. The Morgan fingerprint density at radius 2 is 1.93 bits per heavy atom. The molecule has 0 radical (unpaired) electrons. The predicted octanol–water partition coefficient (Wildman–Crippen LogP) is 1.66. The van der Waals surface area contributed by atoms with Crippen LogP contribution in [0, 0.1) is 5.41 Å². The van der Waals surface area contributed by atoms with Crippen molar-refractivity contribution >= 4 is 29.1 Å². The second kappa shape index (κ2) is 8.46. The topological polar surface area (TPSA) is 90.4 Å². The molecule has 0 spiro atoms. The minimum atomic E-state index is -4.75. The fraction of sp³-hybridized carbons (Fsp3) is 0.611. The van der Waals surface area contributed by atoms with Gasteiger partial charge in [-0.2, -0.15) is 13.2 Å². The number of carbonyl (C=O) groups excluding carboxylic acids is 1. The average molecular weight is 449 g/mol. The van der Waals surface area contributed by atoms with Crippen molar-refractivity contribution in [2.24, 2.45) is 15.4 Å². The largest absolute Gasteiger partial charge is 0.433 e. The van der Waals surface area contributed by atoms with Crippen molar-refractivity contribution < 1.29 is 22.7 Å². The minimum absolute atomic E-state index is 0.169. The highest BCUT2D eigenvalue weighted by atomic mass is 35.5. The summed E-state index contributed by atoms with van der Waals surface area (Å²) in [5.74, 6) is 0.0363. The van der Waals surface area contributed by atoms with E-state index in [-0.39, 0.29) is 10.7 Å². The highest BCUT2D eigenvalue weighted by molar-refractivity contribution is 6.31. The molecule has 3 rings (SSSR count). The molecular weight excluding hydrogens is 425 g/mol. The summed E-state index contributed by atoms with van der Waals surface area (Å²) in [6, 6.07) is 0. The molecule has 0 aliphatic carbocycles. The Bertz CT molecular complexity index is 810. The van der Waals surface area contributed by atoms with E-state index in [1.54, 1.807) is 26.8 Å². The molecule has 3 aliphatic heterocycles. The number of nitrogens with zero attached hydrogens (tertiary/aromatic N) is 3. The van der Waals surface area contributed by atoms with Crippen LogP contribution in [0.4, 0.5) is 13.2 Å². The zero-order chi connectivity index (χ0) is 22.1. The SMILES string of the molecule is CC(C)(C)C(=O)NC1N=C(C(F)(F)F)C(C2N=C(N3CCOCC3)C=C(Cl)N2)=CN1. The first-order chi connectivity index (χ1) is 13.9. The van der Waals surface area contributed by atoms with Crippen LogP contribution in [0.3, 0.4) is 0 Å². The first-order valence-electron chi connectivity index (χ1n) is 9.42. The number of amidine groups is 1. The molecule has 0 bridgehead atoms. The number of hydrogen-bond acceptors (Lipinski definition) is 7. The van der Waals surface area contributed by atoms with Crippen LogP contribution >= 0.6 is 11.6 Å². The highest BCUT2D eigenvalue weighted by Gasteiger charge is 2.43. The maximum Gasteiger partial charge on any atom is 0.433 e. The van der Waals surface area contributed by atoms with Gasteiger partial charge in [-0.05, 0) is 0 Å². The third-order valence-corrected chi connectivity index (χ3v) is 4.79. The first-order valence-corrected chi connectivity index (χ1v) is 9.79. The lowest BCUT2D eigenvalue weighted by molar-refractivity contribution is -0.129. The molecule has 3 aliphatic rings. The summed E-state index contributed by atoms with van der Waals surface area (Å²) in [4.78, 5) is 22.1. The standard InChI is InChI=1S/C18H24ClF3N6O2/c1-17(2,3)15(29)27-16-23-9-10(13(26-16)18(20,21)22)14-24-11(19)8-12(25-14)28-4-6-30-7-5-28/h8-9,14,16,23-24H,4-7H2,1-3H3,(H,27,29). The smallest absolute Gasteiger partial charge is 0.378 e. The van der Waals surface area contributed by atoms with E-state index in [0.717, 1.165) is 6.20 Å². The van der Waals surface area contributed by atoms with Gasteiger partial charge in [0.15, 0.2) is 18.2 Å². The molecule has 0 saturated carbocycles. The van der Waals surface area contributed by atoms with Gasteiger partial charge in [-0.15, -0.1) is 0 Å². The Labute approximate surface area is 177 Å². The van der Waals surface area contributed by atoms with Crippen molar-refractivity contribution in [2.75, 3.05) is 26.3 Å². The fourth-order valence-electron chi connectivity index (χ4n) is 2.94. The zero-order valence-corrected chi connectivity index (χ0v) is 17.6. The van der Waals surface area contributed by atoms with Crippen LogP contribution in [0.15, 0.2) is 33.0 Å². The van der Waals surface area contributed by atoms with Gasteiger partial charge >= 0.3 is 6.18 Å². The van der Waals surface area contributed by atoms with Gasteiger partial charge in [-0.1, -0.05) is 32.4 Å². The monoisotopic (exact) mass is 448 g/mol. The lowest BCUT2D eigenvalue weighted by Crippen LogP contribution is -2.52. The van der Waals surface area contributed by atoms with Crippen LogP contribution < -0.4 is 16.0 Å². The molecule has 1 amide bonds. The summed E-state index contributed by atoms with van der Waals surface area (Å²) < 4.78 is 46.6. The second-order valence-corrected chi connectivity index (χ2v) is 8.40. The van der Waals surface area contributed by atoms with Gasteiger partial charge in [-0.25, -0.2) is 9.98 Å². The van der Waals surface area contributed by atoms with Crippen LogP contribution in [-0.2, 0) is 9.53 Å². The lowest BCUT2D eigenvalue weighted by Gasteiger charge is -2.34. The van der Waals surface area contributed by atoms with Gasteiger partial charge in [0.05, 0.1) is 13.2 Å². The average Bonchev–Trinajstić information content (AvgIpc) is 2.66. The molecule has 1 fully saturated rings. The minimum Gasteiger partial charge on any atom is -0.378 e. The Morgan fingerprint density at radius 1 is 1.27 bits per heavy atom. The lowest BCUT2D eigenvalue weighted by atomic mass is 9.96. The zero-order valence-electron chi connectivity index (χ0n) is 16.8. The molecule has 0 aromatic rings. The van der Waals surface area contributed by atoms with E-state index in [0.29, 0.717) is 32.1 Å². The predicted molar refractivity (Wildman–Crippen MR) is 107 cm³/mol. The normalized spacial score (nSPS) is 25.2. The molecule has 0 aromatic heterocycles. The van der Waals surface area contributed by atoms with Crippen molar-refractivity contribution in [3.63, 3.8) is 0 Å². The molecule has 12 heteroatoms. The molecule has 0 aromatic carbocycles. The molecular formula is C18H24ClF3N6O2. The first kappa shape index (κ1) is 22.4. The molecule has 2 unspecified atom stereocenters. The number of aliphatic imine (C=N–C) groups is 2. The van der Waals surface area contributed by atoms with Crippen LogP contribution in [-0.4, -0.2) is 67.3 Å². The molecule has 3 N–H and O–H groups in total. The maximum atomic E-state index is 13.8. The van der Waals surface area contributed by atoms with Crippen molar-refractivity contribution in [1.29, 1.82) is 0 Å². The van der Waals surface area contributed by atoms with Gasteiger partial charge < -0.3 is 25.6 Å². The Morgan fingerprint density at radius 3 is 2.53 bits per heavy atom. The van der Waals surface area contributed by atoms with Gasteiger partial charge in [0.1, 0.15) is 11.0 Å². The summed E-state index contributed by atoms with van der Waals surface area (Å²) >= 11 is 6.14. The van der Waals surface area contributed by atoms with Crippen molar-refractivity contribution in [3.05, 3.63) is 23.0 Å². The van der Waals surface area contributed by atoms with E-state index in [4.69, 9.17) is 16.3 Å². The molecule has 166 valence electrons. The van der Waals surface area contributed by atoms with E-state index in [9.17, 15) is 18.0 Å².